The molecular weight excluding hydrogens is 314 g/mol. The highest BCUT2D eigenvalue weighted by Crippen LogP contribution is 2.02. The lowest BCUT2D eigenvalue weighted by molar-refractivity contribution is -0.120. The second kappa shape index (κ2) is 9.89. The number of halogens is 1. The number of hydrogen-bond donors (Lipinski definition) is 1. The number of carbonyl (C=O) groups excluding carboxylic acids is 1. The highest BCUT2D eigenvalue weighted by Gasteiger charge is 2.12. The molecule has 0 fully saturated rings. The van der Waals surface area contributed by atoms with Crippen molar-refractivity contribution in [1.82, 2.24) is 5.32 Å². The zero-order valence-electron chi connectivity index (χ0n) is 12.2. The maximum Gasteiger partial charge on any atom is 0.264 e. The van der Waals surface area contributed by atoms with Gasteiger partial charge in [0.15, 0.2) is 0 Å². The lowest BCUT2D eigenvalue weighted by Gasteiger charge is -2.12. The van der Waals surface area contributed by atoms with Gasteiger partial charge in [0.1, 0.15) is 5.78 Å². The van der Waals surface area contributed by atoms with Crippen LogP contribution in [0.5, 0.6) is 0 Å². The SMILES string of the molecule is C[C@H](NCc1ccccc1)C(=O)CCCOS(C)(=O)=O.Cl. The third kappa shape index (κ3) is 9.57. The Labute approximate surface area is 132 Å². The molecule has 0 heterocycles. The molecule has 0 radical (unpaired) electrons. The summed E-state index contributed by atoms with van der Waals surface area (Å²) in [5, 5.41) is 3.15. The lowest BCUT2D eigenvalue weighted by Crippen LogP contribution is -2.33. The van der Waals surface area contributed by atoms with Crippen molar-refractivity contribution >= 4 is 28.3 Å². The van der Waals surface area contributed by atoms with E-state index in [1.54, 1.807) is 0 Å². The molecule has 0 aliphatic rings. The fraction of sp³-hybridized carbons (Fsp3) is 0.500. The normalized spacial score (nSPS) is 12.5. The number of Topliss-reactive ketones (excluding diaryl/α,β-unsaturated/α-hetero) is 1. The maximum absolute atomic E-state index is 11.8. The Balaban J connectivity index is 0.00000400. The van der Waals surface area contributed by atoms with Crippen LogP contribution in [0.15, 0.2) is 30.3 Å². The Morgan fingerprint density at radius 1 is 1.29 bits per heavy atom. The topological polar surface area (TPSA) is 72.5 Å². The lowest BCUT2D eigenvalue weighted by atomic mass is 10.1. The van der Waals surface area contributed by atoms with Crippen LogP contribution in [0.25, 0.3) is 0 Å². The fourth-order valence-corrected chi connectivity index (χ4v) is 2.07. The highest BCUT2D eigenvalue weighted by molar-refractivity contribution is 7.85. The summed E-state index contributed by atoms with van der Waals surface area (Å²) in [6, 6.07) is 9.57. The number of hydrogen-bond acceptors (Lipinski definition) is 5. The van der Waals surface area contributed by atoms with Crippen LogP contribution in [0.2, 0.25) is 0 Å². The molecule has 0 aliphatic carbocycles. The van der Waals surface area contributed by atoms with Crippen molar-refractivity contribution in [2.45, 2.75) is 32.4 Å². The van der Waals surface area contributed by atoms with Crippen LogP contribution >= 0.6 is 12.4 Å². The molecule has 0 saturated carbocycles. The zero-order chi connectivity index (χ0) is 15.0. The van der Waals surface area contributed by atoms with E-state index < -0.39 is 10.1 Å². The fourth-order valence-electron chi connectivity index (χ4n) is 1.65. The quantitative estimate of drug-likeness (QED) is 0.551. The number of rotatable bonds is 9. The van der Waals surface area contributed by atoms with E-state index in [4.69, 9.17) is 0 Å². The van der Waals surface area contributed by atoms with Gasteiger partial charge in [0.05, 0.1) is 18.9 Å². The smallest absolute Gasteiger partial charge is 0.264 e. The molecular formula is C14H22ClNO4S. The van der Waals surface area contributed by atoms with Crippen LogP contribution < -0.4 is 5.32 Å². The van der Waals surface area contributed by atoms with Gasteiger partial charge in [-0.05, 0) is 18.9 Å². The number of ketones is 1. The molecule has 1 atom stereocenters. The molecule has 120 valence electrons. The molecule has 1 aromatic rings. The van der Waals surface area contributed by atoms with Gasteiger partial charge >= 0.3 is 0 Å². The predicted molar refractivity (Wildman–Crippen MR) is 85.0 cm³/mol. The minimum Gasteiger partial charge on any atom is -0.304 e. The van der Waals surface area contributed by atoms with Gasteiger partial charge in [-0.2, -0.15) is 8.42 Å². The van der Waals surface area contributed by atoms with Gasteiger partial charge in [0, 0.05) is 13.0 Å². The number of nitrogens with one attached hydrogen (secondary N) is 1. The zero-order valence-corrected chi connectivity index (χ0v) is 13.9. The van der Waals surface area contributed by atoms with Crippen molar-refractivity contribution in [3.05, 3.63) is 35.9 Å². The van der Waals surface area contributed by atoms with Gasteiger partial charge in [-0.1, -0.05) is 30.3 Å². The van der Waals surface area contributed by atoms with Gasteiger partial charge in [-0.3, -0.25) is 8.98 Å². The van der Waals surface area contributed by atoms with Gasteiger partial charge in [-0.25, -0.2) is 0 Å². The predicted octanol–water partition coefficient (Wildman–Crippen LogP) is 1.91. The van der Waals surface area contributed by atoms with E-state index in [9.17, 15) is 13.2 Å². The third-order valence-electron chi connectivity index (χ3n) is 2.80. The number of benzene rings is 1. The average Bonchev–Trinajstić information content (AvgIpc) is 2.40. The monoisotopic (exact) mass is 335 g/mol. The Hall–Kier alpha value is -0.950. The van der Waals surface area contributed by atoms with Crippen LogP contribution in [0.4, 0.5) is 0 Å². The summed E-state index contributed by atoms with van der Waals surface area (Å²) in [4.78, 5) is 11.8. The summed E-state index contributed by atoms with van der Waals surface area (Å²) in [6.45, 7) is 2.49. The molecule has 0 aromatic heterocycles. The first kappa shape index (κ1) is 20.1. The van der Waals surface area contributed by atoms with E-state index in [1.807, 2.05) is 37.3 Å². The summed E-state index contributed by atoms with van der Waals surface area (Å²) >= 11 is 0. The molecule has 0 amide bonds. The summed E-state index contributed by atoms with van der Waals surface area (Å²) < 4.78 is 26.1. The standard InChI is InChI=1S/C14H21NO4S.ClH/c1-12(15-11-13-7-4-3-5-8-13)14(16)9-6-10-19-20(2,17)18;/h3-5,7-8,12,15H,6,9-11H2,1-2H3;1H/t12-;/m0./s1. The largest absolute Gasteiger partial charge is 0.304 e. The van der Waals surface area contributed by atoms with Crippen LogP contribution in [0.1, 0.15) is 25.3 Å². The van der Waals surface area contributed by atoms with Crippen LogP contribution in [0.3, 0.4) is 0 Å². The van der Waals surface area contributed by atoms with E-state index in [0.29, 0.717) is 19.4 Å². The Bertz CT molecular complexity index is 519. The maximum atomic E-state index is 11.8. The molecule has 0 aliphatic heterocycles. The van der Waals surface area contributed by atoms with Crippen molar-refractivity contribution in [3.63, 3.8) is 0 Å². The van der Waals surface area contributed by atoms with E-state index >= 15 is 0 Å². The van der Waals surface area contributed by atoms with Gasteiger partial charge < -0.3 is 5.32 Å². The van der Waals surface area contributed by atoms with Crippen molar-refractivity contribution < 1.29 is 17.4 Å². The summed E-state index contributed by atoms with van der Waals surface area (Å²) in [6.07, 6.45) is 1.71. The summed E-state index contributed by atoms with van der Waals surface area (Å²) in [5.41, 5.74) is 1.12. The van der Waals surface area contributed by atoms with Crippen molar-refractivity contribution in [1.29, 1.82) is 0 Å². The Morgan fingerprint density at radius 2 is 1.90 bits per heavy atom. The van der Waals surface area contributed by atoms with E-state index in [0.717, 1.165) is 11.8 Å². The van der Waals surface area contributed by atoms with Gasteiger partial charge in [-0.15, -0.1) is 12.4 Å². The van der Waals surface area contributed by atoms with Crippen LogP contribution in [0, 0.1) is 0 Å². The Kier molecular flexibility index (Phi) is 9.44. The first-order valence-corrected chi connectivity index (χ1v) is 8.34. The summed E-state index contributed by atoms with van der Waals surface area (Å²) in [7, 11) is -3.42. The minimum atomic E-state index is -3.42. The van der Waals surface area contributed by atoms with Crippen LogP contribution in [-0.4, -0.2) is 33.1 Å². The molecule has 7 heteroatoms. The molecule has 0 unspecified atom stereocenters. The van der Waals surface area contributed by atoms with Gasteiger partial charge in [0.25, 0.3) is 10.1 Å². The molecule has 0 saturated heterocycles. The van der Waals surface area contributed by atoms with Crippen molar-refractivity contribution in [3.8, 4) is 0 Å². The van der Waals surface area contributed by atoms with Crippen molar-refractivity contribution in [2.75, 3.05) is 12.9 Å². The molecule has 1 aromatic carbocycles. The Morgan fingerprint density at radius 3 is 2.48 bits per heavy atom. The molecule has 0 spiro atoms. The second-order valence-corrected chi connectivity index (χ2v) is 6.33. The summed E-state index contributed by atoms with van der Waals surface area (Å²) in [5.74, 6) is 0.0537. The first-order chi connectivity index (χ1) is 9.38. The molecule has 5 nitrogen and oxygen atoms in total. The van der Waals surface area contributed by atoms with Crippen LogP contribution in [-0.2, 0) is 25.6 Å². The van der Waals surface area contributed by atoms with E-state index in [1.165, 1.54) is 0 Å². The molecule has 1 N–H and O–H groups in total. The second-order valence-electron chi connectivity index (χ2n) is 4.68. The average molecular weight is 336 g/mol. The van der Waals surface area contributed by atoms with Gasteiger partial charge in [0.2, 0.25) is 0 Å². The first-order valence-electron chi connectivity index (χ1n) is 6.53. The van der Waals surface area contributed by atoms with E-state index in [-0.39, 0.29) is 30.8 Å². The van der Waals surface area contributed by atoms with Crippen molar-refractivity contribution in [2.24, 2.45) is 0 Å². The highest BCUT2D eigenvalue weighted by atomic mass is 35.5. The molecule has 1 rings (SSSR count). The number of carbonyl (C=O) groups is 1. The third-order valence-corrected chi connectivity index (χ3v) is 3.40. The molecule has 0 bridgehead atoms. The minimum absolute atomic E-state index is 0. The van der Waals surface area contributed by atoms with E-state index in [2.05, 4.69) is 9.50 Å². The molecule has 21 heavy (non-hydrogen) atoms.